The highest BCUT2D eigenvalue weighted by Crippen LogP contribution is 2.18. The number of aromatic nitrogens is 4. The molecule has 1 amide bonds. The lowest BCUT2D eigenvalue weighted by Crippen LogP contribution is -2.47. The molecule has 140 valence electrons. The summed E-state index contributed by atoms with van der Waals surface area (Å²) in [7, 11) is 0. The summed E-state index contributed by atoms with van der Waals surface area (Å²) in [5.41, 5.74) is 0.889. The first-order chi connectivity index (χ1) is 12.6. The van der Waals surface area contributed by atoms with E-state index >= 15 is 0 Å². The van der Waals surface area contributed by atoms with Gasteiger partial charge in [-0.15, -0.1) is 10.2 Å². The molecule has 0 saturated carbocycles. The quantitative estimate of drug-likeness (QED) is 0.753. The summed E-state index contributed by atoms with van der Waals surface area (Å²) < 4.78 is 0. The van der Waals surface area contributed by atoms with Gasteiger partial charge in [0.25, 0.3) is 0 Å². The smallest absolute Gasteiger partial charge is 0.247 e. The van der Waals surface area contributed by atoms with Crippen molar-refractivity contribution in [3.05, 3.63) is 30.3 Å². The Bertz CT molecular complexity index is 695. The van der Waals surface area contributed by atoms with Crippen molar-refractivity contribution in [1.29, 1.82) is 0 Å². The zero-order valence-corrected chi connectivity index (χ0v) is 15.4. The molecule has 0 aliphatic carbocycles. The Hall–Kier alpha value is -2.32. The zero-order chi connectivity index (χ0) is 18.4. The van der Waals surface area contributed by atoms with Crippen molar-refractivity contribution in [3.8, 4) is 11.4 Å². The van der Waals surface area contributed by atoms with E-state index in [1.54, 1.807) is 0 Å². The first-order valence-electron chi connectivity index (χ1n) is 9.21. The van der Waals surface area contributed by atoms with Crippen molar-refractivity contribution >= 4 is 5.91 Å². The fourth-order valence-electron chi connectivity index (χ4n) is 3.10. The predicted octanol–water partition coefficient (Wildman–Crippen LogP) is 0.559. The summed E-state index contributed by atoms with van der Waals surface area (Å²) in [6, 6.07) is 9.19. The molecule has 1 aromatic carbocycles. The van der Waals surface area contributed by atoms with E-state index in [0.29, 0.717) is 12.4 Å². The topological polar surface area (TPSA) is 88.0 Å². The van der Waals surface area contributed by atoms with Gasteiger partial charge in [-0.2, -0.15) is 4.80 Å². The predicted molar refractivity (Wildman–Crippen MR) is 99.4 cm³/mol. The van der Waals surface area contributed by atoms with Crippen molar-refractivity contribution < 1.29 is 4.79 Å². The van der Waals surface area contributed by atoms with E-state index < -0.39 is 6.04 Å². The lowest BCUT2D eigenvalue weighted by Gasteiger charge is -2.27. The first kappa shape index (κ1) is 18.5. The van der Waals surface area contributed by atoms with E-state index in [1.807, 2.05) is 44.2 Å². The van der Waals surface area contributed by atoms with Gasteiger partial charge >= 0.3 is 0 Å². The Labute approximate surface area is 154 Å². The monoisotopic (exact) mass is 357 g/mol. The van der Waals surface area contributed by atoms with Crippen LogP contribution in [0.15, 0.2) is 30.3 Å². The summed E-state index contributed by atoms with van der Waals surface area (Å²) in [4.78, 5) is 16.5. The van der Waals surface area contributed by atoms with Crippen LogP contribution < -0.4 is 10.6 Å². The summed E-state index contributed by atoms with van der Waals surface area (Å²) in [5.74, 6) is 0.532. The van der Waals surface area contributed by atoms with Gasteiger partial charge in [0.05, 0.1) is 0 Å². The molecule has 1 aliphatic heterocycles. The summed E-state index contributed by atoms with van der Waals surface area (Å²) in [5, 5.41) is 19.0. The molecule has 3 rings (SSSR count). The number of amides is 1. The average Bonchev–Trinajstić information content (AvgIpc) is 3.13. The number of carbonyl (C=O) groups excluding carboxylic acids is 1. The van der Waals surface area contributed by atoms with Gasteiger partial charge in [-0.05, 0) is 11.1 Å². The maximum Gasteiger partial charge on any atom is 0.247 e. The van der Waals surface area contributed by atoms with Crippen LogP contribution in [0, 0.1) is 5.92 Å². The van der Waals surface area contributed by atoms with Gasteiger partial charge in [-0.1, -0.05) is 44.2 Å². The largest absolute Gasteiger partial charge is 0.353 e. The van der Waals surface area contributed by atoms with E-state index in [4.69, 9.17) is 0 Å². The standard InChI is InChI=1S/C18H27N7O/c1-14(2)16(18(26)20-10-13-24-11-8-19-9-12-24)25-22-17(21-23-25)15-6-4-3-5-7-15/h3-7,14,16,19H,8-13H2,1-2H3,(H,20,26). The molecule has 1 aliphatic rings. The fourth-order valence-corrected chi connectivity index (χ4v) is 3.10. The van der Waals surface area contributed by atoms with Gasteiger partial charge in [-0.3, -0.25) is 9.69 Å². The highest BCUT2D eigenvalue weighted by Gasteiger charge is 2.27. The minimum absolute atomic E-state index is 0.0620. The maximum atomic E-state index is 12.7. The molecule has 0 radical (unpaired) electrons. The molecule has 8 nitrogen and oxygen atoms in total. The SMILES string of the molecule is CC(C)C(C(=O)NCCN1CCNCC1)n1nnc(-c2ccccc2)n1. The molecule has 8 heteroatoms. The number of nitrogens with zero attached hydrogens (tertiary/aromatic N) is 5. The van der Waals surface area contributed by atoms with Crippen LogP contribution in [0.25, 0.3) is 11.4 Å². The number of hydrogen-bond acceptors (Lipinski definition) is 6. The van der Waals surface area contributed by atoms with Crippen LogP contribution >= 0.6 is 0 Å². The van der Waals surface area contributed by atoms with E-state index in [0.717, 1.165) is 38.3 Å². The second kappa shape index (κ2) is 8.86. The number of rotatable bonds is 7. The van der Waals surface area contributed by atoms with Crippen LogP contribution in [0.3, 0.4) is 0 Å². The Morgan fingerprint density at radius 2 is 1.96 bits per heavy atom. The molecule has 1 aromatic heterocycles. The van der Waals surface area contributed by atoms with Gasteiger partial charge in [0.15, 0.2) is 6.04 Å². The molecule has 0 spiro atoms. The van der Waals surface area contributed by atoms with Gasteiger partial charge in [-0.25, -0.2) is 0 Å². The number of benzene rings is 1. The third-order valence-corrected chi connectivity index (χ3v) is 4.55. The average molecular weight is 357 g/mol. The lowest BCUT2D eigenvalue weighted by molar-refractivity contribution is -0.126. The Morgan fingerprint density at radius 1 is 1.23 bits per heavy atom. The summed E-state index contributed by atoms with van der Waals surface area (Å²) >= 11 is 0. The van der Waals surface area contributed by atoms with Crippen molar-refractivity contribution in [2.24, 2.45) is 5.92 Å². The van der Waals surface area contributed by atoms with Crippen molar-refractivity contribution in [3.63, 3.8) is 0 Å². The second-order valence-electron chi connectivity index (χ2n) is 6.87. The summed E-state index contributed by atoms with van der Waals surface area (Å²) in [6.07, 6.45) is 0. The molecule has 1 saturated heterocycles. The maximum absolute atomic E-state index is 12.7. The van der Waals surface area contributed by atoms with E-state index in [2.05, 4.69) is 30.9 Å². The number of carbonyl (C=O) groups is 1. The van der Waals surface area contributed by atoms with E-state index in [1.165, 1.54) is 4.80 Å². The van der Waals surface area contributed by atoms with Gasteiger partial charge in [0.2, 0.25) is 11.7 Å². The van der Waals surface area contributed by atoms with Crippen molar-refractivity contribution in [2.45, 2.75) is 19.9 Å². The molecular weight excluding hydrogens is 330 g/mol. The number of piperazine rings is 1. The molecule has 2 N–H and O–H groups in total. The second-order valence-corrected chi connectivity index (χ2v) is 6.87. The van der Waals surface area contributed by atoms with Crippen LogP contribution in [0.2, 0.25) is 0 Å². The van der Waals surface area contributed by atoms with Crippen molar-refractivity contribution in [2.75, 3.05) is 39.3 Å². The molecular formula is C18H27N7O. The third-order valence-electron chi connectivity index (χ3n) is 4.55. The Kier molecular flexibility index (Phi) is 6.30. The molecule has 2 heterocycles. The normalized spacial score (nSPS) is 16.6. The van der Waals surface area contributed by atoms with E-state index in [9.17, 15) is 4.79 Å². The molecule has 2 aromatic rings. The van der Waals surface area contributed by atoms with Crippen LogP contribution in [0.4, 0.5) is 0 Å². The van der Waals surface area contributed by atoms with Gasteiger partial charge in [0, 0.05) is 44.8 Å². The molecule has 1 unspecified atom stereocenters. The zero-order valence-electron chi connectivity index (χ0n) is 15.4. The number of hydrogen-bond donors (Lipinski definition) is 2. The van der Waals surface area contributed by atoms with Crippen LogP contribution in [0.5, 0.6) is 0 Å². The van der Waals surface area contributed by atoms with Crippen molar-refractivity contribution in [1.82, 2.24) is 35.7 Å². The fraction of sp³-hybridized carbons (Fsp3) is 0.556. The third kappa shape index (κ3) is 4.64. The van der Waals surface area contributed by atoms with Crippen LogP contribution in [-0.2, 0) is 4.79 Å². The minimum Gasteiger partial charge on any atom is -0.353 e. The molecule has 0 bridgehead atoms. The molecule has 26 heavy (non-hydrogen) atoms. The number of tetrazole rings is 1. The minimum atomic E-state index is -0.469. The lowest BCUT2D eigenvalue weighted by atomic mass is 10.0. The van der Waals surface area contributed by atoms with E-state index in [-0.39, 0.29) is 11.8 Å². The van der Waals surface area contributed by atoms with Crippen LogP contribution in [-0.4, -0.2) is 70.3 Å². The molecule has 1 atom stereocenters. The summed E-state index contributed by atoms with van der Waals surface area (Å²) in [6.45, 7) is 9.53. The number of nitrogens with one attached hydrogen (secondary N) is 2. The highest BCUT2D eigenvalue weighted by atomic mass is 16.2. The van der Waals surface area contributed by atoms with Gasteiger partial charge in [0.1, 0.15) is 0 Å². The Morgan fingerprint density at radius 3 is 2.65 bits per heavy atom. The van der Waals surface area contributed by atoms with Gasteiger partial charge < -0.3 is 10.6 Å². The first-order valence-corrected chi connectivity index (χ1v) is 9.21. The highest BCUT2D eigenvalue weighted by molar-refractivity contribution is 5.80. The Balaban J connectivity index is 1.61. The molecule has 1 fully saturated rings. The van der Waals surface area contributed by atoms with Crippen LogP contribution in [0.1, 0.15) is 19.9 Å².